The van der Waals surface area contributed by atoms with Crippen LogP contribution in [-0.4, -0.2) is 22.0 Å². The average molecular weight is 274 g/mol. The molecule has 0 bridgehead atoms. The number of aliphatic carboxylic acids is 1. The fourth-order valence-electron chi connectivity index (χ4n) is 3.51. The van der Waals surface area contributed by atoms with E-state index in [2.05, 4.69) is 0 Å². The lowest BCUT2D eigenvalue weighted by molar-refractivity contribution is -0.147. The Kier molecular flexibility index (Phi) is 3.34. The molecule has 0 aliphatic heterocycles. The molecule has 0 saturated carbocycles. The predicted octanol–water partition coefficient (Wildman–Crippen LogP) is 2.20. The van der Waals surface area contributed by atoms with Gasteiger partial charge in [-0.05, 0) is 60.8 Å². The number of aliphatic hydroxyl groups is 1. The number of hydrogen-bond donors (Lipinski definition) is 2. The molecular formula is C16H18O4. The van der Waals surface area contributed by atoms with E-state index in [1.165, 1.54) is 0 Å². The van der Waals surface area contributed by atoms with Crippen molar-refractivity contribution in [2.75, 3.05) is 0 Å². The van der Waals surface area contributed by atoms with E-state index in [0.717, 1.165) is 54.4 Å². The van der Waals surface area contributed by atoms with Crippen LogP contribution in [0.3, 0.4) is 0 Å². The van der Waals surface area contributed by atoms with Crippen molar-refractivity contribution in [3.63, 3.8) is 0 Å². The first kappa shape index (κ1) is 13.3. The molecule has 106 valence electrons. The van der Waals surface area contributed by atoms with Crippen LogP contribution in [0, 0.1) is 0 Å². The summed E-state index contributed by atoms with van der Waals surface area (Å²) in [6.45, 7) is 0. The smallest absolute Gasteiger partial charge is 0.337 e. The third-order valence-corrected chi connectivity index (χ3v) is 4.43. The number of carbonyl (C=O) groups excluding carboxylic acids is 1. The van der Waals surface area contributed by atoms with Gasteiger partial charge >= 0.3 is 5.97 Å². The van der Waals surface area contributed by atoms with E-state index in [1.54, 1.807) is 0 Å². The van der Waals surface area contributed by atoms with Crippen molar-refractivity contribution in [1.82, 2.24) is 0 Å². The molecule has 1 atom stereocenters. The van der Waals surface area contributed by atoms with Crippen LogP contribution in [0.2, 0.25) is 0 Å². The topological polar surface area (TPSA) is 74.6 Å². The molecule has 0 saturated heterocycles. The number of fused-ring (bicyclic) bond motifs is 3. The van der Waals surface area contributed by atoms with Crippen molar-refractivity contribution in [2.24, 2.45) is 0 Å². The fraction of sp³-hybridized carbons (Fsp3) is 0.500. The van der Waals surface area contributed by atoms with Gasteiger partial charge in [0.2, 0.25) is 0 Å². The van der Waals surface area contributed by atoms with Gasteiger partial charge in [-0.25, -0.2) is 4.79 Å². The van der Waals surface area contributed by atoms with Crippen molar-refractivity contribution < 1.29 is 19.8 Å². The third-order valence-electron chi connectivity index (χ3n) is 4.43. The highest BCUT2D eigenvalue weighted by Gasteiger charge is 2.30. The van der Waals surface area contributed by atoms with Crippen LogP contribution in [0.5, 0.6) is 0 Å². The molecule has 0 amide bonds. The summed E-state index contributed by atoms with van der Waals surface area (Å²) in [5, 5.41) is 19.0. The summed E-state index contributed by atoms with van der Waals surface area (Å²) in [5.41, 5.74) is 4.10. The van der Waals surface area contributed by atoms with Crippen LogP contribution in [0.25, 0.3) is 0 Å². The van der Waals surface area contributed by atoms with Gasteiger partial charge in [-0.15, -0.1) is 0 Å². The number of carbonyl (C=O) groups is 2. The summed E-state index contributed by atoms with van der Waals surface area (Å²) in [4.78, 5) is 23.4. The number of benzene rings is 1. The van der Waals surface area contributed by atoms with Crippen molar-refractivity contribution in [3.8, 4) is 0 Å². The van der Waals surface area contributed by atoms with E-state index in [0.29, 0.717) is 18.4 Å². The Morgan fingerprint density at radius 1 is 1.05 bits per heavy atom. The van der Waals surface area contributed by atoms with Crippen LogP contribution in [0.4, 0.5) is 0 Å². The highest BCUT2D eigenvalue weighted by Crippen LogP contribution is 2.36. The molecule has 3 rings (SSSR count). The van der Waals surface area contributed by atoms with Gasteiger partial charge in [0, 0.05) is 12.0 Å². The molecule has 0 heterocycles. The molecule has 2 N–H and O–H groups in total. The first-order valence-corrected chi connectivity index (χ1v) is 7.21. The number of carboxylic acid groups (broad SMARTS) is 1. The van der Waals surface area contributed by atoms with Crippen LogP contribution in [-0.2, 0) is 24.1 Å². The zero-order chi connectivity index (χ0) is 14.3. The largest absolute Gasteiger partial charge is 0.479 e. The van der Waals surface area contributed by atoms with Gasteiger partial charge in [0.05, 0.1) is 0 Å². The lowest BCUT2D eigenvalue weighted by atomic mass is 9.77. The van der Waals surface area contributed by atoms with Gasteiger partial charge < -0.3 is 10.2 Å². The average Bonchev–Trinajstić information content (AvgIpc) is 2.45. The molecule has 0 radical (unpaired) electrons. The monoisotopic (exact) mass is 274 g/mol. The fourth-order valence-corrected chi connectivity index (χ4v) is 3.51. The Hall–Kier alpha value is -1.68. The first-order valence-electron chi connectivity index (χ1n) is 7.21. The Balaban J connectivity index is 2.23. The molecule has 1 aromatic carbocycles. The second-order valence-electron chi connectivity index (χ2n) is 5.68. The lowest BCUT2D eigenvalue weighted by Gasteiger charge is -2.27. The summed E-state index contributed by atoms with van der Waals surface area (Å²) >= 11 is 0. The normalized spacial score (nSPS) is 19.1. The number of aliphatic hydroxyl groups excluding tert-OH is 1. The van der Waals surface area contributed by atoms with Gasteiger partial charge in [-0.1, -0.05) is 6.07 Å². The second-order valence-corrected chi connectivity index (χ2v) is 5.68. The van der Waals surface area contributed by atoms with Gasteiger partial charge in [-0.2, -0.15) is 0 Å². The van der Waals surface area contributed by atoms with E-state index in [1.807, 2.05) is 6.07 Å². The van der Waals surface area contributed by atoms with E-state index >= 15 is 0 Å². The molecule has 1 unspecified atom stereocenters. The van der Waals surface area contributed by atoms with Crippen molar-refractivity contribution in [1.29, 1.82) is 0 Å². The minimum Gasteiger partial charge on any atom is -0.479 e. The molecule has 0 fully saturated rings. The Bertz CT molecular complexity index is 589. The minimum atomic E-state index is -1.53. The van der Waals surface area contributed by atoms with Crippen LogP contribution >= 0.6 is 0 Å². The van der Waals surface area contributed by atoms with Gasteiger partial charge in [0.15, 0.2) is 11.9 Å². The van der Waals surface area contributed by atoms with Crippen molar-refractivity contribution >= 4 is 11.8 Å². The maximum Gasteiger partial charge on any atom is 0.337 e. The molecule has 20 heavy (non-hydrogen) atoms. The lowest BCUT2D eigenvalue weighted by Crippen LogP contribution is -2.23. The summed E-state index contributed by atoms with van der Waals surface area (Å²) < 4.78 is 0. The molecule has 2 aliphatic carbocycles. The summed E-state index contributed by atoms with van der Waals surface area (Å²) in [5.74, 6) is -1.13. The highest BCUT2D eigenvalue weighted by molar-refractivity contribution is 6.01. The maximum absolute atomic E-state index is 12.3. The number of Topliss-reactive ketones (excluding diaryl/α,β-unsaturated/α-hetero) is 1. The predicted molar refractivity (Wildman–Crippen MR) is 72.9 cm³/mol. The molecule has 2 aliphatic rings. The van der Waals surface area contributed by atoms with Crippen LogP contribution in [0.1, 0.15) is 64.4 Å². The summed E-state index contributed by atoms with van der Waals surface area (Å²) in [6, 6.07) is 1.82. The Morgan fingerprint density at radius 2 is 1.75 bits per heavy atom. The van der Waals surface area contributed by atoms with Crippen molar-refractivity contribution in [3.05, 3.63) is 33.9 Å². The first-order chi connectivity index (χ1) is 9.59. The number of aryl methyl sites for hydroxylation is 1. The summed E-state index contributed by atoms with van der Waals surface area (Å²) in [6.07, 6.45) is 4.34. The van der Waals surface area contributed by atoms with E-state index in [9.17, 15) is 14.7 Å². The third kappa shape index (κ3) is 2.04. The molecule has 0 spiro atoms. The Morgan fingerprint density at radius 3 is 2.50 bits per heavy atom. The van der Waals surface area contributed by atoms with Crippen LogP contribution in [0.15, 0.2) is 6.07 Å². The molecule has 4 heteroatoms. The Labute approximate surface area is 117 Å². The zero-order valence-corrected chi connectivity index (χ0v) is 11.3. The van der Waals surface area contributed by atoms with E-state index in [-0.39, 0.29) is 5.78 Å². The molecule has 4 nitrogen and oxygen atoms in total. The quantitative estimate of drug-likeness (QED) is 0.867. The summed E-state index contributed by atoms with van der Waals surface area (Å²) in [7, 11) is 0. The van der Waals surface area contributed by atoms with Gasteiger partial charge in [0.1, 0.15) is 0 Å². The number of carboxylic acids is 1. The van der Waals surface area contributed by atoms with Gasteiger partial charge in [0.25, 0.3) is 0 Å². The zero-order valence-electron chi connectivity index (χ0n) is 11.3. The highest BCUT2D eigenvalue weighted by atomic mass is 16.4. The number of rotatable bonds is 2. The standard InChI is InChI=1S/C16H18O4/c17-13-7-3-6-11-12(15(18)16(19)20)8-9-4-1-2-5-10(9)14(11)13/h8,15,18H,1-7H2,(H,19,20). The number of ketones is 1. The SMILES string of the molecule is O=C1CCCc2c(C(O)C(=O)O)cc3c(c21)CCCC3. The number of hydrogen-bond acceptors (Lipinski definition) is 3. The van der Waals surface area contributed by atoms with E-state index in [4.69, 9.17) is 5.11 Å². The molecular weight excluding hydrogens is 256 g/mol. The molecule has 0 aromatic heterocycles. The minimum absolute atomic E-state index is 0.115. The molecule has 1 aromatic rings. The van der Waals surface area contributed by atoms with E-state index < -0.39 is 12.1 Å². The van der Waals surface area contributed by atoms with Gasteiger partial charge in [-0.3, -0.25) is 4.79 Å². The van der Waals surface area contributed by atoms with Crippen molar-refractivity contribution in [2.45, 2.75) is 51.0 Å². The maximum atomic E-state index is 12.3. The van der Waals surface area contributed by atoms with Crippen LogP contribution < -0.4 is 0 Å². The second kappa shape index (κ2) is 5.02.